The first-order valence-electron chi connectivity index (χ1n) is 5.11. The summed E-state index contributed by atoms with van der Waals surface area (Å²) in [6.07, 6.45) is 0. The number of anilines is 1. The van der Waals surface area contributed by atoms with Crippen LogP contribution in [0.3, 0.4) is 0 Å². The maximum Gasteiger partial charge on any atom is 0.0399 e. The van der Waals surface area contributed by atoms with E-state index < -0.39 is 0 Å². The quantitative estimate of drug-likeness (QED) is 0.611. The number of alkyl halides is 2. The van der Waals surface area contributed by atoms with E-state index in [1.54, 1.807) is 0 Å². The summed E-state index contributed by atoms with van der Waals surface area (Å²) < 4.78 is 2.94. The molecule has 0 aliphatic carbocycles. The van der Waals surface area contributed by atoms with E-state index in [-0.39, 0.29) is 0 Å². The summed E-state index contributed by atoms with van der Waals surface area (Å²) in [4.78, 5) is 2.19. The topological polar surface area (TPSA) is 15.3 Å². The molecule has 1 aromatic rings. The fraction of sp³-hybridized carbons (Fsp3) is 0.455. The lowest BCUT2D eigenvalue weighted by molar-refractivity contribution is 0.872. The first-order chi connectivity index (χ1) is 7.81. The van der Waals surface area contributed by atoms with Gasteiger partial charge in [0.25, 0.3) is 0 Å². The molecule has 0 aliphatic rings. The summed E-state index contributed by atoms with van der Waals surface area (Å²) in [5.41, 5.74) is 2.40. The van der Waals surface area contributed by atoms with Crippen LogP contribution in [-0.2, 0) is 6.54 Å². The minimum absolute atomic E-state index is 0.613. The summed E-state index contributed by atoms with van der Waals surface area (Å²) in [6.45, 7) is 2.46. The minimum Gasteiger partial charge on any atom is -0.369 e. The van der Waals surface area contributed by atoms with Crippen LogP contribution in [0.1, 0.15) is 5.56 Å². The monoisotopic (exact) mass is 324 g/mol. The Morgan fingerprint density at radius 3 is 2.06 bits per heavy atom. The SMILES string of the molecule is ClCCN(CCCl)c1ccc(CNBr)cc1. The third-order valence-electron chi connectivity index (χ3n) is 2.28. The maximum atomic E-state index is 5.76. The first-order valence-corrected chi connectivity index (χ1v) is 6.97. The van der Waals surface area contributed by atoms with Gasteiger partial charge in [-0.1, -0.05) is 12.1 Å². The van der Waals surface area contributed by atoms with Gasteiger partial charge in [0.15, 0.2) is 0 Å². The highest BCUT2D eigenvalue weighted by Gasteiger charge is 2.04. The maximum absolute atomic E-state index is 5.76. The van der Waals surface area contributed by atoms with Gasteiger partial charge in [-0.2, -0.15) is 0 Å². The molecule has 0 amide bonds. The van der Waals surface area contributed by atoms with Crippen LogP contribution in [0.25, 0.3) is 0 Å². The molecule has 2 nitrogen and oxygen atoms in total. The number of rotatable bonds is 7. The Hall–Kier alpha value is 0.0400. The van der Waals surface area contributed by atoms with Gasteiger partial charge in [-0.15, -0.1) is 23.2 Å². The Labute approximate surface area is 115 Å². The third-order valence-corrected chi connectivity index (χ3v) is 2.90. The molecule has 1 N–H and O–H groups in total. The Morgan fingerprint density at radius 2 is 1.62 bits per heavy atom. The van der Waals surface area contributed by atoms with Crippen molar-refractivity contribution in [2.45, 2.75) is 6.54 Å². The fourth-order valence-electron chi connectivity index (χ4n) is 1.48. The van der Waals surface area contributed by atoms with E-state index in [0.29, 0.717) is 11.8 Å². The van der Waals surface area contributed by atoms with Gasteiger partial charge in [0.05, 0.1) is 0 Å². The number of hydrogen-bond donors (Lipinski definition) is 1. The average molecular weight is 326 g/mol. The van der Waals surface area contributed by atoms with Gasteiger partial charge in [0.1, 0.15) is 0 Å². The molecule has 0 spiro atoms. The second-order valence-corrected chi connectivity index (χ2v) is 4.66. The zero-order valence-corrected chi connectivity index (χ0v) is 12.0. The van der Waals surface area contributed by atoms with Crippen LogP contribution in [0.5, 0.6) is 0 Å². The molecule has 0 aliphatic heterocycles. The summed E-state index contributed by atoms with van der Waals surface area (Å²) in [7, 11) is 0. The van der Waals surface area contributed by atoms with Gasteiger partial charge in [0.2, 0.25) is 0 Å². The van der Waals surface area contributed by atoms with E-state index in [4.69, 9.17) is 23.2 Å². The van der Waals surface area contributed by atoms with Crippen LogP contribution < -0.4 is 9.24 Å². The summed E-state index contributed by atoms with van der Waals surface area (Å²) >= 11 is 14.7. The highest BCUT2D eigenvalue weighted by molar-refractivity contribution is 9.08. The van der Waals surface area contributed by atoms with Gasteiger partial charge in [-0.3, -0.25) is 4.34 Å². The van der Waals surface area contributed by atoms with Gasteiger partial charge >= 0.3 is 0 Å². The molecule has 0 saturated heterocycles. The van der Waals surface area contributed by atoms with E-state index in [2.05, 4.69) is 49.7 Å². The van der Waals surface area contributed by atoms with Crippen molar-refractivity contribution in [2.75, 3.05) is 29.7 Å². The summed E-state index contributed by atoms with van der Waals surface area (Å²) in [5.74, 6) is 1.23. The van der Waals surface area contributed by atoms with Crippen molar-refractivity contribution in [1.29, 1.82) is 0 Å². The van der Waals surface area contributed by atoms with Gasteiger partial charge < -0.3 is 4.90 Å². The van der Waals surface area contributed by atoms with E-state index in [1.165, 1.54) is 11.3 Å². The smallest absolute Gasteiger partial charge is 0.0399 e. The summed E-state index contributed by atoms with van der Waals surface area (Å²) in [5, 5.41) is 0. The van der Waals surface area contributed by atoms with Crippen LogP contribution in [-0.4, -0.2) is 24.8 Å². The van der Waals surface area contributed by atoms with Crippen molar-refractivity contribution >= 4 is 45.0 Å². The highest BCUT2D eigenvalue weighted by atomic mass is 79.9. The zero-order chi connectivity index (χ0) is 11.8. The fourth-order valence-corrected chi connectivity index (χ4v) is 2.21. The molecule has 16 heavy (non-hydrogen) atoms. The van der Waals surface area contributed by atoms with Crippen molar-refractivity contribution in [3.63, 3.8) is 0 Å². The second kappa shape index (κ2) is 8.18. The molecule has 5 heteroatoms. The van der Waals surface area contributed by atoms with Gasteiger partial charge in [0, 0.05) is 53.2 Å². The standard InChI is InChI=1S/C11H15BrCl2N2/c12-15-9-10-1-3-11(4-2-10)16(7-5-13)8-6-14/h1-4,15H,5-9H2. The highest BCUT2D eigenvalue weighted by Crippen LogP contribution is 2.15. The Balaban J connectivity index is 2.68. The van der Waals surface area contributed by atoms with Gasteiger partial charge in [-0.25, -0.2) is 0 Å². The molecule has 0 unspecified atom stereocenters. The van der Waals surface area contributed by atoms with Crippen LogP contribution in [0, 0.1) is 0 Å². The van der Waals surface area contributed by atoms with E-state index in [0.717, 1.165) is 19.6 Å². The average Bonchev–Trinajstić information content (AvgIpc) is 2.30. The Kier molecular flexibility index (Phi) is 7.21. The Morgan fingerprint density at radius 1 is 1.06 bits per heavy atom. The summed E-state index contributed by atoms with van der Waals surface area (Å²) in [6, 6.07) is 8.38. The molecular weight excluding hydrogens is 311 g/mol. The van der Waals surface area contributed by atoms with Gasteiger partial charge in [-0.05, 0) is 17.7 Å². The lowest BCUT2D eigenvalue weighted by Crippen LogP contribution is -2.27. The Bertz CT molecular complexity index is 287. The second-order valence-electron chi connectivity index (χ2n) is 3.34. The predicted molar refractivity (Wildman–Crippen MR) is 75.9 cm³/mol. The molecule has 0 bridgehead atoms. The van der Waals surface area contributed by atoms with Crippen LogP contribution in [0.2, 0.25) is 0 Å². The molecule has 0 saturated carbocycles. The molecule has 0 heterocycles. The molecule has 0 aromatic heterocycles. The lowest BCUT2D eigenvalue weighted by Gasteiger charge is -2.23. The van der Waals surface area contributed by atoms with Crippen LogP contribution in [0.4, 0.5) is 5.69 Å². The van der Waals surface area contributed by atoms with Crippen molar-refractivity contribution in [2.24, 2.45) is 0 Å². The number of nitrogens with one attached hydrogen (secondary N) is 1. The minimum atomic E-state index is 0.613. The number of benzene rings is 1. The number of nitrogens with zero attached hydrogens (tertiary/aromatic N) is 1. The largest absolute Gasteiger partial charge is 0.369 e. The molecule has 1 aromatic carbocycles. The van der Waals surface area contributed by atoms with Crippen molar-refractivity contribution < 1.29 is 0 Å². The molecule has 0 atom stereocenters. The van der Waals surface area contributed by atoms with E-state index in [1.807, 2.05) is 0 Å². The van der Waals surface area contributed by atoms with Crippen LogP contribution >= 0.6 is 39.3 Å². The molecule has 0 fully saturated rings. The van der Waals surface area contributed by atoms with E-state index in [9.17, 15) is 0 Å². The molecular formula is C11H15BrCl2N2. The normalized spacial score (nSPS) is 10.4. The molecule has 1 rings (SSSR count). The molecule has 90 valence electrons. The third kappa shape index (κ3) is 4.50. The van der Waals surface area contributed by atoms with Crippen molar-refractivity contribution in [3.05, 3.63) is 29.8 Å². The first kappa shape index (κ1) is 14.1. The zero-order valence-electron chi connectivity index (χ0n) is 8.93. The van der Waals surface area contributed by atoms with Crippen molar-refractivity contribution in [1.82, 2.24) is 4.34 Å². The number of hydrogen-bond acceptors (Lipinski definition) is 2. The van der Waals surface area contributed by atoms with Crippen molar-refractivity contribution in [3.8, 4) is 0 Å². The van der Waals surface area contributed by atoms with E-state index >= 15 is 0 Å². The predicted octanol–water partition coefficient (Wildman–Crippen LogP) is 3.37. The number of halogens is 3. The molecule has 0 radical (unpaired) electrons. The van der Waals surface area contributed by atoms with Crippen LogP contribution in [0.15, 0.2) is 24.3 Å². The lowest BCUT2D eigenvalue weighted by atomic mass is 10.2.